The first-order valence-electron chi connectivity index (χ1n) is 8.00. The summed E-state index contributed by atoms with van der Waals surface area (Å²) in [6.45, 7) is 13.7. The van der Waals surface area contributed by atoms with E-state index in [2.05, 4.69) is 76.1 Å². The summed E-state index contributed by atoms with van der Waals surface area (Å²) < 4.78 is 0. The van der Waals surface area contributed by atoms with Gasteiger partial charge in [0.25, 0.3) is 0 Å². The van der Waals surface area contributed by atoms with Gasteiger partial charge in [0.2, 0.25) is 0 Å². The van der Waals surface area contributed by atoms with Crippen LogP contribution in [0.3, 0.4) is 0 Å². The Morgan fingerprint density at radius 2 is 1.75 bits per heavy atom. The van der Waals surface area contributed by atoms with E-state index in [-0.39, 0.29) is 5.54 Å². The third-order valence-corrected chi connectivity index (χ3v) is 4.99. The average Bonchev–Trinajstić information content (AvgIpc) is 2.47. The largest absolute Gasteiger partial charge is 0.315 e. The highest BCUT2D eigenvalue weighted by Crippen LogP contribution is 2.26. The molecule has 0 heterocycles. The molecule has 2 atom stereocenters. The van der Waals surface area contributed by atoms with E-state index in [1.54, 1.807) is 0 Å². The highest BCUT2D eigenvalue weighted by molar-refractivity contribution is 5.27. The maximum Gasteiger partial charge on any atom is 0.0334 e. The van der Waals surface area contributed by atoms with Crippen molar-refractivity contribution in [2.24, 2.45) is 0 Å². The predicted octanol–water partition coefficient (Wildman–Crippen LogP) is 3.64. The molecule has 0 aliphatic rings. The first kappa shape index (κ1) is 17.2. The van der Waals surface area contributed by atoms with Gasteiger partial charge in [-0.3, -0.25) is 4.90 Å². The Morgan fingerprint density at radius 3 is 2.20 bits per heavy atom. The highest BCUT2D eigenvalue weighted by Gasteiger charge is 2.36. The van der Waals surface area contributed by atoms with Crippen molar-refractivity contribution in [3.63, 3.8) is 0 Å². The summed E-state index contributed by atoms with van der Waals surface area (Å²) in [5.74, 6) is 0. The molecule has 0 fully saturated rings. The van der Waals surface area contributed by atoms with Gasteiger partial charge in [-0.25, -0.2) is 0 Å². The zero-order valence-electron chi connectivity index (χ0n) is 14.2. The molecule has 1 N–H and O–H groups in total. The van der Waals surface area contributed by atoms with Gasteiger partial charge in [0.05, 0.1) is 0 Å². The van der Waals surface area contributed by atoms with Crippen LogP contribution in [0.1, 0.15) is 45.2 Å². The molecule has 20 heavy (non-hydrogen) atoms. The molecular weight excluding hydrogens is 244 g/mol. The van der Waals surface area contributed by atoms with Crippen LogP contribution < -0.4 is 5.32 Å². The predicted molar refractivity (Wildman–Crippen MR) is 89.3 cm³/mol. The summed E-state index contributed by atoms with van der Waals surface area (Å²) in [6.07, 6.45) is 2.25. The molecule has 0 spiro atoms. The molecule has 0 radical (unpaired) electrons. The van der Waals surface area contributed by atoms with Gasteiger partial charge in [-0.2, -0.15) is 0 Å². The molecule has 2 nitrogen and oxygen atoms in total. The molecule has 0 aromatic heterocycles. The lowest BCUT2D eigenvalue weighted by molar-refractivity contribution is 0.0730. The normalized spacial score (nSPS) is 16.1. The van der Waals surface area contributed by atoms with E-state index >= 15 is 0 Å². The van der Waals surface area contributed by atoms with Crippen molar-refractivity contribution >= 4 is 0 Å². The van der Waals surface area contributed by atoms with Gasteiger partial charge in [0.1, 0.15) is 0 Å². The van der Waals surface area contributed by atoms with Crippen LogP contribution in [-0.2, 0) is 6.42 Å². The van der Waals surface area contributed by atoms with Crippen molar-refractivity contribution in [3.05, 3.63) is 35.4 Å². The number of hydrogen-bond donors (Lipinski definition) is 1. The zero-order valence-corrected chi connectivity index (χ0v) is 14.2. The molecule has 114 valence electrons. The van der Waals surface area contributed by atoms with Crippen molar-refractivity contribution < 1.29 is 0 Å². The minimum atomic E-state index is 0.195. The van der Waals surface area contributed by atoms with Crippen molar-refractivity contribution in [2.75, 3.05) is 20.1 Å². The number of nitrogens with zero attached hydrogens (tertiary/aromatic N) is 1. The lowest BCUT2D eigenvalue weighted by Crippen LogP contribution is -2.59. The number of benzene rings is 1. The topological polar surface area (TPSA) is 15.3 Å². The summed E-state index contributed by atoms with van der Waals surface area (Å²) >= 11 is 0. The molecule has 0 amide bonds. The summed E-state index contributed by atoms with van der Waals surface area (Å²) in [5.41, 5.74) is 3.05. The highest BCUT2D eigenvalue weighted by atomic mass is 15.2. The van der Waals surface area contributed by atoms with Crippen LogP contribution in [0.4, 0.5) is 0 Å². The van der Waals surface area contributed by atoms with Gasteiger partial charge >= 0.3 is 0 Å². The van der Waals surface area contributed by atoms with Crippen LogP contribution in [0.15, 0.2) is 24.3 Å². The fourth-order valence-electron chi connectivity index (χ4n) is 3.33. The Labute approximate surface area is 125 Å². The molecule has 0 saturated carbocycles. The second-order valence-corrected chi connectivity index (χ2v) is 5.85. The molecule has 0 saturated heterocycles. The minimum absolute atomic E-state index is 0.195. The molecule has 2 unspecified atom stereocenters. The number of likely N-dealkylation sites (N-methyl/N-ethyl adjacent to an activating group) is 2. The van der Waals surface area contributed by atoms with Gasteiger partial charge in [0.15, 0.2) is 0 Å². The smallest absolute Gasteiger partial charge is 0.0334 e. The van der Waals surface area contributed by atoms with E-state index < -0.39 is 0 Å². The fraction of sp³-hybridized carbons (Fsp3) is 0.667. The Bertz CT molecular complexity index is 398. The molecule has 0 bridgehead atoms. The Hall–Kier alpha value is -0.860. The molecule has 0 aliphatic heterocycles. The first-order valence-corrected chi connectivity index (χ1v) is 8.00. The Morgan fingerprint density at radius 1 is 1.15 bits per heavy atom. The number of nitrogens with one attached hydrogen (secondary N) is 1. The van der Waals surface area contributed by atoms with Crippen molar-refractivity contribution in [1.82, 2.24) is 10.2 Å². The first-order chi connectivity index (χ1) is 9.53. The van der Waals surface area contributed by atoms with E-state index in [0.29, 0.717) is 6.04 Å². The third kappa shape index (κ3) is 3.62. The SMILES string of the molecule is CCN(CC)C(C)(CC)C(Cc1ccccc1C)NC. The second kappa shape index (κ2) is 7.80. The molecule has 1 rings (SSSR count). The average molecular weight is 276 g/mol. The quantitative estimate of drug-likeness (QED) is 0.780. The summed E-state index contributed by atoms with van der Waals surface area (Å²) in [4.78, 5) is 2.59. The molecule has 2 heteroatoms. The van der Waals surface area contributed by atoms with Crippen LogP contribution in [0.5, 0.6) is 0 Å². The number of aryl methyl sites for hydroxylation is 1. The van der Waals surface area contributed by atoms with E-state index in [1.807, 2.05) is 0 Å². The lowest BCUT2D eigenvalue weighted by Gasteiger charge is -2.46. The Kier molecular flexibility index (Phi) is 6.70. The summed E-state index contributed by atoms with van der Waals surface area (Å²) in [7, 11) is 2.10. The Balaban J connectivity index is 3.01. The van der Waals surface area contributed by atoms with Crippen LogP contribution in [0.2, 0.25) is 0 Å². The van der Waals surface area contributed by atoms with Crippen LogP contribution >= 0.6 is 0 Å². The van der Waals surface area contributed by atoms with Crippen LogP contribution in [-0.4, -0.2) is 36.6 Å². The van der Waals surface area contributed by atoms with Gasteiger partial charge in [-0.05, 0) is 58.0 Å². The molecular formula is C18H32N2. The summed E-state index contributed by atoms with van der Waals surface area (Å²) in [5, 5.41) is 3.58. The number of rotatable bonds is 8. The summed E-state index contributed by atoms with van der Waals surface area (Å²) in [6, 6.07) is 9.21. The van der Waals surface area contributed by atoms with Crippen molar-refractivity contribution in [3.8, 4) is 0 Å². The van der Waals surface area contributed by atoms with Crippen molar-refractivity contribution in [2.45, 2.75) is 59.0 Å². The van der Waals surface area contributed by atoms with E-state index in [4.69, 9.17) is 0 Å². The zero-order chi connectivity index (χ0) is 15.2. The third-order valence-electron chi connectivity index (χ3n) is 4.99. The second-order valence-electron chi connectivity index (χ2n) is 5.85. The van der Waals surface area contributed by atoms with Gasteiger partial charge in [-0.1, -0.05) is 45.0 Å². The maximum absolute atomic E-state index is 3.58. The van der Waals surface area contributed by atoms with Gasteiger partial charge in [-0.15, -0.1) is 0 Å². The molecule has 1 aromatic rings. The minimum Gasteiger partial charge on any atom is -0.315 e. The lowest BCUT2D eigenvalue weighted by atomic mass is 9.82. The van der Waals surface area contributed by atoms with E-state index in [1.165, 1.54) is 11.1 Å². The van der Waals surface area contributed by atoms with E-state index in [9.17, 15) is 0 Å². The van der Waals surface area contributed by atoms with Crippen LogP contribution in [0, 0.1) is 6.92 Å². The molecule has 1 aromatic carbocycles. The molecule has 0 aliphatic carbocycles. The number of hydrogen-bond acceptors (Lipinski definition) is 2. The van der Waals surface area contributed by atoms with Crippen molar-refractivity contribution in [1.29, 1.82) is 0 Å². The maximum atomic E-state index is 3.58. The van der Waals surface area contributed by atoms with E-state index in [0.717, 1.165) is 25.9 Å². The van der Waals surface area contributed by atoms with Gasteiger partial charge < -0.3 is 5.32 Å². The standard InChI is InChI=1S/C18H32N2/c1-7-18(5,20(8-2)9-3)17(19-6)14-16-13-11-10-12-15(16)4/h10-13,17,19H,7-9,14H2,1-6H3. The van der Waals surface area contributed by atoms with Gasteiger partial charge in [0, 0.05) is 11.6 Å². The fourth-order valence-corrected chi connectivity index (χ4v) is 3.33. The van der Waals surface area contributed by atoms with Crippen LogP contribution in [0.25, 0.3) is 0 Å². The monoisotopic (exact) mass is 276 g/mol.